The van der Waals surface area contributed by atoms with E-state index in [1.807, 2.05) is 4.98 Å². The van der Waals surface area contributed by atoms with Gasteiger partial charge in [-0.1, -0.05) is 12.1 Å². The van der Waals surface area contributed by atoms with Crippen molar-refractivity contribution in [3.05, 3.63) is 56.4 Å². The Labute approximate surface area is 176 Å². The minimum Gasteiger partial charge on any atom is -0.493 e. The van der Waals surface area contributed by atoms with E-state index < -0.39 is 50.3 Å². The van der Waals surface area contributed by atoms with Crippen molar-refractivity contribution in [2.24, 2.45) is 0 Å². The van der Waals surface area contributed by atoms with Crippen molar-refractivity contribution in [2.45, 2.75) is 38.1 Å². The molecular formula is C18H20FN2O9P. The van der Waals surface area contributed by atoms with Gasteiger partial charge in [0.1, 0.15) is 12.7 Å². The molecule has 4 atom stereocenters. The number of aliphatic hydroxyl groups excluding tert-OH is 1. The Balaban J connectivity index is 1.53. The standard InChI is InChI=1S/C18H20FN2O9P/c1-10-7-21(17(24)20-15(10)23)16-12(22)6-18(19,29-16)9-28-31(25)27-8-11-4-3-5-13(26-2)14(11)30-31/h3-5,7,12,16,22H,6,8-9H2,1-2H3,(H,20,23,24)/t12-,16-,18+,31?/m1/s1/i16D. The summed E-state index contributed by atoms with van der Waals surface area (Å²) in [5, 5.41) is 10.3. The smallest absolute Gasteiger partial charge is 0.493 e. The summed E-state index contributed by atoms with van der Waals surface area (Å²) < 4.78 is 62.9. The molecule has 0 bridgehead atoms. The zero-order chi connectivity index (χ0) is 23.3. The van der Waals surface area contributed by atoms with Crippen molar-refractivity contribution in [3.63, 3.8) is 0 Å². The molecule has 3 heterocycles. The molecular weight excluding hydrogens is 438 g/mol. The van der Waals surface area contributed by atoms with Crippen LogP contribution in [0.25, 0.3) is 0 Å². The summed E-state index contributed by atoms with van der Waals surface area (Å²) >= 11 is 0. The van der Waals surface area contributed by atoms with Gasteiger partial charge in [0.25, 0.3) is 5.56 Å². The van der Waals surface area contributed by atoms with E-state index in [9.17, 15) is 19.3 Å². The van der Waals surface area contributed by atoms with Gasteiger partial charge < -0.3 is 19.1 Å². The summed E-state index contributed by atoms with van der Waals surface area (Å²) in [5.74, 6) is -2.43. The van der Waals surface area contributed by atoms with E-state index >= 15 is 4.39 Å². The maximum absolute atomic E-state index is 15.4. The van der Waals surface area contributed by atoms with E-state index in [1.165, 1.54) is 14.0 Å². The molecule has 168 valence electrons. The van der Waals surface area contributed by atoms with E-state index in [1.54, 1.807) is 18.2 Å². The number of rotatable bonds is 5. The van der Waals surface area contributed by atoms with Gasteiger partial charge in [0.05, 0.1) is 15.1 Å². The summed E-state index contributed by atoms with van der Waals surface area (Å²) in [4.78, 5) is 25.6. The van der Waals surface area contributed by atoms with Crippen LogP contribution in [-0.2, 0) is 25.0 Å². The molecule has 2 aromatic rings. The number of para-hydroxylation sites is 1. The number of hydrogen-bond donors (Lipinski definition) is 2. The van der Waals surface area contributed by atoms with Crippen LogP contribution in [0.4, 0.5) is 4.39 Å². The molecule has 4 rings (SSSR count). The summed E-state index contributed by atoms with van der Waals surface area (Å²) in [7, 11) is -2.91. The lowest BCUT2D eigenvalue weighted by Crippen LogP contribution is -2.37. The van der Waals surface area contributed by atoms with Crippen molar-refractivity contribution in [2.75, 3.05) is 13.7 Å². The first kappa shape index (κ1) is 20.4. The molecule has 2 aliphatic rings. The van der Waals surface area contributed by atoms with Crippen molar-refractivity contribution < 1.29 is 38.5 Å². The third-order valence-electron chi connectivity index (χ3n) is 4.73. The Morgan fingerprint density at radius 2 is 2.26 bits per heavy atom. The summed E-state index contributed by atoms with van der Waals surface area (Å²) in [6.07, 6.45) is -4.25. The van der Waals surface area contributed by atoms with Crippen LogP contribution in [-0.4, -0.2) is 40.3 Å². The predicted molar refractivity (Wildman–Crippen MR) is 103 cm³/mol. The fourth-order valence-electron chi connectivity index (χ4n) is 3.17. The molecule has 31 heavy (non-hydrogen) atoms. The molecule has 0 saturated carbocycles. The number of aryl methyl sites for hydroxylation is 1. The second-order valence-electron chi connectivity index (χ2n) is 7.02. The maximum Gasteiger partial charge on any atom is 0.530 e. The molecule has 1 fully saturated rings. The minimum absolute atomic E-state index is 0.0423. The van der Waals surface area contributed by atoms with Gasteiger partial charge in [0.15, 0.2) is 17.7 Å². The number of hydrogen-bond acceptors (Lipinski definition) is 9. The molecule has 1 aromatic heterocycles. The Hall–Kier alpha value is -2.50. The average molecular weight is 459 g/mol. The zero-order valence-electron chi connectivity index (χ0n) is 17.5. The second-order valence-corrected chi connectivity index (χ2v) is 8.61. The third kappa shape index (κ3) is 4.17. The van der Waals surface area contributed by atoms with Crippen molar-refractivity contribution >= 4 is 7.82 Å². The number of benzene rings is 1. The molecule has 11 nitrogen and oxygen atoms in total. The second kappa shape index (κ2) is 7.88. The number of halogens is 1. The molecule has 13 heteroatoms. The molecule has 0 amide bonds. The third-order valence-corrected chi connectivity index (χ3v) is 6.02. The lowest BCUT2D eigenvalue weighted by Gasteiger charge is -2.28. The van der Waals surface area contributed by atoms with Crippen LogP contribution in [0.5, 0.6) is 11.5 Å². The van der Waals surface area contributed by atoms with E-state index in [2.05, 4.69) is 0 Å². The lowest BCUT2D eigenvalue weighted by atomic mass is 10.2. The van der Waals surface area contributed by atoms with Crippen LogP contribution >= 0.6 is 7.82 Å². The highest BCUT2D eigenvalue weighted by atomic mass is 31.2. The van der Waals surface area contributed by atoms with Crippen LogP contribution in [0.1, 0.15) is 25.1 Å². The van der Waals surface area contributed by atoms with Gasteiger partial charge in [0, 0.05) is 23.7 Å². The maximum atomic E-state index is 15.4. The van der Waals surface area contributed by atoms with Crippen LogP contribution in [0, 0.1) is 6.92 Å². The molecule has 2 aliphatic heterocycles. The molecule has 1 saturated heterocycles. The largest absolute Gasteiger partial charge is 0.530 e. The van der Waals surface area contributed by atoms with Crippen LogP contribution < -0.4 is 20.5 Å². The highest BCUT2D eigenvalue weighted by Crippen LogP contribution is 2.57. The van der Waals surface area contributed by atoms with Gasteiger partial charge in [-0.15, -0.1) is 0 Å². The number of nitrogens with one attached hydrogen (secondary N) is 1. The van der Waals surface area contributed by atoms with E-state index in [4.69, 9.17) is 24.4 Å². The van der Waals surface area contributed by atoms with Gasteiger partial charge in [-0.25, -0.2) is 13.8 Å². The van der Waals surface area contributed by atoms with Gasteiger partial charge in [-0.3, -0.25) is 23.4 Å². The first-order valence-electron chi connectivity index (χ1n) is 9.63. The highest BCUT2D eigenvalue weighted by Gasteiger charge is 2.50. The molecule has 0 aliphatic carbocycles. The normalized spacial score (nSPS) is 32.8. The Bertz CT molecular complexity index is 1210. The van der Waals surface area contributed by atoms with Gasteiger partial charge in [-0.05, 0) is 13.0 Å². The predicted octanol–water partition coefficient (Wildman–Crippen LogP) is 1.53. The number of methoxy groups -OCH3 is 1. The molecule has 0 spiro atoms. The van der Waals surface area contributed by atoms with E-state index in [0.29, 0.717) is 10.1 Å². The fourth-order valence-corrected chi connectivity index (χ4v) is 4.43. The lowest BCUT2D eigenvalue weighted by molar-refractivity contribution is -0.179. The SMILES string of the molecule is [2H][C@@]1(n2cc(C)c(=O)[nH]c2=O)O[C@](F)(COP2(=O)OCc3cccc(OC)c3O2)C[C@H]1O. The first-order valence-corrected chi connectivity index (χ1v) is 10.6. The number of H-pyrrole nitrogens is 1. The van der Waals surface area contributed by atoms with E-state index in [0.717, 1.165) is 6.20 Å². The van der Waals surface area contributed by atoms with Gasteiger partial charge >= 0.3 is 13.5 Å². The number of aromatic amines is 1. The fraction of sp³-hybridized carbons (Fsp3) is 0.444. The number of aliphatic hydroxyl groups is 1. The highest BCUT2D eigenvalue weighted by molar-refractivity contribution is 7.49. The van der Waals surface area contributed by atoms with Crippen LogP contribution in [0.3, 0.4) is 0 Å². The number of fused-ring (bicyclic) bond motifs is 1. The molecule has 0 radical (unpaired) electrons. The summed E-state index contributed by atoms with van der Waals surface area (Å²) in [6.45, 7) is 0.172. The van der Waals surface area contributed by atoms with Gasteiger partial charge in [-0.2, -0.15) is 0 Å². The number of phosphoric ester groups is 1. The van der Waals surface area contributed by atoms with Crippen LogP contribution in [0.15, 0.2) is 34.0 Å². The summed E-state index contributed by atoms with van der Waals surface area (Å²) in [6, 6.07) is 4.91. The molecule has 2 N–H and O–H groups in total. The first-order chi connectivity index (χ1) is 15.0. The monoisotopic (exact) mass is 459 g/mol. The number of ether oxygens (including phenoxy) is 2. The van der Waals surface area contributed by atoms with Gasteiger partial charge in [0.2, 0.25) is 5.85 Å². The van der Waals surface area contributed by atoms with Crippen molar-refractivity contribution in [3.8, 4) is 11.5 Å². The quantitative estimate of drug-likeness (QED) is 0.638. The number of alkyl halides is 1. The minimum atomic E-state index is -4.30. The molecule has 1 unspecified atom stereocenters. The van der Waals surface area contributed by atoms with Crippen molar-refractivity contribution in [1.82, 2.24) is 9.55 Å². The molecule has 1 aromatic carbocycles. The number of nitrogens with zero attached hydrogens (tertiary/aromatic N) is 1. The Kier molecular flexibility index (Phi) is 5.19. The van der Waals surface area contributed by atoms with Crippen molar-refractivity contribution in [1.29, 1.82) is 0 Å². The topological polar surface area (TPSA) is 138 Å². The number of aromatic nitrogens is 2. The Morgan fingerprint density at radius 1 is 1.48 bits per heavy atom. The Morgan fingerprint density at radius 3 is 3.00 bits per heavy atom. The van der Waals surface area contributed by atoms with E-state index in [-0.39, 0.29) is 23.7 Å². The van der Waals surface area contributed by atoms with Crippen LogP contribution in [0.2, 0.25) is 0 Å². The zero-order valence-corrected chi connectivity index (χ0v) is 17.4. The average Bonchev–Trinajstić information content (AvgIpc) is 2.98. The summed E-state index contributed by atoms with van der Waals surface area (Å²) in [5.41, 5.74) is -1.19. The number of phosphoric acid groups is 1.